The monoisotopic (exact) mass is 198 g/mol. The van der Waals surface area contributed by atoms with Gasteiger partial charge in [-0.1, -0.05) is 18.2 Å². The number of allylic oxidation sites excluding steroid dienone is 1. The second-order valence-corrected chi connectivity index (χ2v) is 3.45. The van der Waals surface area contributed by atoms with E-state index < -0.39 is 0 Å². The van der Waals surface area contributed by atoms with Gasteiger partial charge in [0.15, 0.2) is 0 Å². The number of fused-ring (bicyclic) bond motifs is 1. The van der Waals surface area contributed by atoms with Gasteiger partial charge in [0.1, 0.15) is 0 Å². The molecule has 0 unspecified atom stereocenters. The zero-order valence-corrected chi connectivity index (χ0v) is 8.37. The molecule has 0 spiro atoms. The predicted octanol–water partition coefficient (Wildman–Crippen LogP) is 1.59. The third kappa shape index (κ3) is 1.62. The Morgan fingerprint density at radius 2 is 2.33 bits per heavy atom. The second kappa shape index (κ2) is 3.58. The summed E-state index contributed by atoms with van der Waals surface area (Å²) in [7, 11) is 0. The Bertz CT molecular complexity index is 495. The van der Waals surface area contributed by atoms with Crippen LogP contribution in [0.4, 0.5) is 0 Å². The van der Waals surface area contributed by atoms with Crippen LogP contribution in [-0.2, 0) is 11.2 Å². The molecular weight excluding hydrogens is 188 g/mol. The summed E-state index contributed by atoms with van der Waals surface area (Å²) >= 11 is 0. The lowest BCUT2D eigenvalue weighted by molar-refractivity contribution is -0.117. The van der Waals surface area contributed by atoms with Crippen LogP contribution in [0.5, 0.6) is 0 Å². The largest absolute Gasteiger partial charge is 0.326 e. The molecule has 1 aliphatic carbocycles. The molecule has 0 heterocycles. The molecule has 74 valence electrons. The first kappa shape index (κ1) is 9.47. The number of nitriles is 1. The number of carbonyl (C=O) groups is 1. The van der Waals surface area contributed by atoms with Gasteiger partial charge in [-0.25, -0.2) is 0 Å². The van der Waals surface area contributed by atoms with Gasteiger partial charge >= 0.3 is 0 Å². The van der Waals surface area contributed by atoms with Crippen LogP contribution >= 0.6 is 0 Å². The highest BCUT2D eigenvalue weighted by molar-refractivity contribution is 5.87. The van der Waals surface area contributed by atoms with E-state index in [1.54, 1.807) is 6.07 Å². The molecule has 0 bridgehead atoms. The molecule has 1 amide bonds. The van der Waals surface area contributed by atoms with E-state index in [0.29, 0.717) is 12.0 Å². The highest BCUT2D eigenvalue weighted by Crippen LogP contribution is 2.27. The van der Waals surface area contributed by atoms with Crippen molar-refractivity contribution in [3.8, 4) is 6.07 Å². The van der Waals surface area contributed by atoms with Crippen LogP contribution in [0.2, 0.25) is 0 Å². The van der Waals surface area contributed by atoms with Gasteiger partial charge in [0.05, 0.1) is 11.6 Å². The Hall–Kier alpha value is -2.08. The standard InChI is InChI=1S/C12H10N2O/c1-8(15)14-12-6-5-10-9(7-13)3-2-4-11(10)12/h2-4,6H,5H2,1H3,(H,14,15). The van der Waals surface area contributed by atoms with Crippen LogP contribution in [0.1, 0.15) is 23.6 Å². The van der Waals surface area contributed by atoms with E-state index in [1.165, 1.54) is 6.92 Å². The van der Waals surface area contributed by atoms with Crippen molar-refractivity contribution in [1.29, 1.82) is 5.26 Å². The lowest BCUT2D eigenvalue weighted by atomic mass is 10.0. The lowest BCUT2D eigenvalue weighted by Crippen LogP contribution is -2.17. The predicted molar refractivity (Wildman–Crippen MR) is 56.7 cm³/mol. The van der Waals surface area contributed by atoms with Crippen molar-refractivity contribution in [3.63, 3.8) is 0 Å². The average molecular weight is 198 g/mol. The molecular formula is C12H10N2O. The summed E-state index contributed by atoms with van der Waals surface area (Å²) in [5.41, 5.74) is 3.46. The highest BCUT2D eigenvalue weighted by atomic mass is 16.1. The summed E-state index contributed by atoms with van der Waals surface area (Å²) in [6.07, 6.45) is 2.65. The fraction of sp³-hybridized carbons (Fsp3) is 0.167. The van der Waals surface area contributed by atoms with E-state index in [9.17, 15) is 4.79 Å². The van der Waals surface area contributed by atoms with Gasteiger partial charge in [-0.15, -0.1) is 0 Å². The minimum absolute atomic E-state index is 0.0866. The van der Waals surface area contributed by atoms with Crippen LogP contribution in [0, 0.1) is 11.3 Å². The summed E-state index contributed by atoms with van der Waals surface area (Å²) in [5, 5.41) is 11.7. The van der Waals surface area contributed by atoms with Crippen LogP contribution < -0.4 is 5.32 Å². The highest BCUT2D eigenvalue weighted by Gasteiger charge is 2.17. The van der Waals surface area contributed by atoms with Gasteiger partial charge in [0, 0.05) is 18.2 Å². The van der Waals surface area contributed by atoms with E-state index in [-0.39, 0.29) is 5.91 Å². The molecule has 0 aromatic heterocycles. The molecule has 2 rings (SSSR count). The molecule has 1 N–H and O–H groups in total. The molecule has 0 aliphatic heterocycles. The maximum absolute atomic E-state index is 10.9. The third-order valence-corrected chi connectivity index (χ3v) is 2.41. The number of hydrogen-bond acceptors (Lipinski definition) is 2. The van der Waals surface area contributed by atoms with Gasteiger partial charge < -0.3 is 5.32 Å². The number of rotatable bonds is 1. The van der Waals surface area contributed by atoms with Gasteiger partial charge in [0.25, 0.3) is 0 Å². The first-order valence-corrected chi connectivity index (χ1v) is 4.72. The van der Waals surface area contributed by atoms with E-state index in [1.807, 2.05) is 18.2 Å². The quantitative estimate of drug-likeness (QED) is 0.745. The van der Waals surface area contributed by atoms with Crippen molar-refractivity contribution >= 4 is 11.6 Å². The van der Waals surface area contributed by atoms with Crippen molar-refractivity contribution in [3.05, 3.63) is 41.0 Å². The maximum Gasteiger partial charge on any atom is 0.221 e. The van der Waals surface area contributed by atoms with E-state index in [4.69, 9.17) is 5.26 Å². The van der Waals surface area contributed by atoms with Crippen molar-refractivity contribution in [2.75, 3.05) is 0 Å². The molecule has 0 atom stereocenters. The van der Waals surface area contributed by atoms with Gasteiger partial charge in [-0.2, -0.15) is 5.26 Å². The van der Waals surface area contributed by atoms with Gasteiger partial charge in [0.2, 0.25) is 5.91 Å². The number of benzene rings is 1. The molecule has 3 heteroatoms. The Balaban J connectivity index is 2.41. The SMILES string of the molecule is CC(=O)NC1=CCc2c(C#N)cccc21. The lowest BCUT2D eigenvalue weighted by Gasteiger charge is -2.06. The van der Waals surface area contributed by atoms with Gasteiger partial charge in [-0.05, 0) is 18.1 Å². The summed E-state index contributed by atoms with van der Waals surface area (Å²) in [6.45, 7) is 1.48. The summed E-state index contributed by atoms with van der Waals surface area (Å²) in [6, 6.07) is 7.70. The molecule has 0 saturated carbocycles. The Morgan fingerprint density at radius 3 is 3.00 bits per heavy atom. The molecule has 3 nitrogen and oxygen atoms in total. The smallest absolute Gasteiger partial charge is 0.221 e. The van der Waals surface area contributed by atoms with Crippen LogP contribution in [0.25, 0.3) is 5.70 Å². The topological polar surface area (TPSA) is 52.9 Å². The first-order valence-electron chi connectivity index (χ1n) is 4.72. The number of amides is 1. The molecule has 1 aliphatic rings. The number of nitrogens with one attached hydrogen (secondary N) is 1. The average Bonchev–Trinajstić information content (AvgIpc) is 2.61. The zero-order chi connectivity index (χ0) is 10.8. The van der Waals surface area contributed by atoms with Crippen LogP contribution in [-0.4, -0.2) is 5.91 Å². The normalized spacial score (nSPS) is 12.7. The summed E-state index contributed by atoms with van der Waals surface area (Å²) in [5.74, 6) is -0.0866. The second-order valence-electron chi connectivity index (χ2n) is 3.45. The minimum Gasteiger partial charge on any atom is -0.326 e. The molecule has 0 fully saturated rings. The van der Waals surface area contributed by atoms with Crippen LogP contribution in [0.3, 0.4) is 0 Å². The number of carbonyl (C=O) groups excluding carboxylic acids is 1. The Morgan fingerprint density at radius 1 is 1.53 bits per heavy atom. The van der Waals surface area contributed by atoms with Crippen molar-refractivity contribution in [2.45, 2.75) is 13.3 Å². The summed E-state index contributed by atoms with van der Waals surface area (Å²) < 4.78 is 0. The molecule has 1 aromatic carbocycles. The molecule has 15 heavy (non-hydrogen) atoms. The Kier molecular flexibility index (Phi) is 2.26. The maximum atomic E-state index is 10.9. The minimum atomic E-state index is -0.0866. The first-order chi connectivity index (χ1) is 7.22. The molecule has 1 aromatic rings. The summed E-state index contributed by atoms with van der Waals surface area (Å²) in [4.78, 5) is 10.9. The third-order valence-electron chi connectivity index (χ3n) is 2.41. The number of nitrogens with zero attached hydrogens (tertiary/aromatic N) is 1. The molecule has 0 saturated heterocycles. The fourth-order valence-corrected chi connectivity index (χ4v) is 1.79. The van der Waals surface area contributed by atoms with Crippen LogP contribution in [0.15, 0.2) is 24.3 Å². The zero-order valence-electron chi connectivity index (χ0n) is 8.37. The Labute approximate surface area is 88.0 Å². The number of hydrogen-bond donors (Lipinski definition) is 1. The van der Waals surface area contributed by atoms with Crippen molar-refractivity contribution in [1.82, 2.24) is 5.32 Å². The fourth-order valence-electron chi connectivity index (χ4n) is 1.79. The van der Waals surface area contributed by atoms with Crippen molar-refractivity contribution < 1.29 is 4.79 Å². The van der Waals surface area contributed by atoms with Crippen molar-refractivity contribution in [2.24, 2.45) is 0 Å². The van der Waals surface area contributed by atoms with E-state index in [0.717, 1.165) is 16.8 Å². The van der Waals surface area contributed by atoms with E-state index >= 15 is 0 Å². The van der Waals surface area contributed by atoms with Gasteiger partial charge in [-0.3, -0.25) is 4.79 Å². The molecule has 0 radical (unpaired) electrons. The van der Waals surface area contributed by atoms with E-state index in [2.05, 4.69) is 11.4 Å².